The van der Waals surface area contributed by atoms with Gasteiger partial charge in [-0.15, -0.1) is 0 Å². The van der Waals surface area contributed by atoms with Crippen LogP contribution < -0.4 is 10.1 Å². The summed E-state index contributed by atoms with van der Waals surface area (Å²) >= 11 is 0. The van der Waals surface area contributed by atoms with Gasteiger partial charge < -0.3 is 10.1 Å². The van der Waals surface area contributed by atoms with E-state index in [1.807, 2.05) is 13.0 Å². The largest absolute Gasteiger partial charge is 0.489 e. The van der Waals surface area contributed by atoms with E-state index in [2.05, 4.69) is 85.3 Å². The minimum atomic E-state index is -0.433. The summed E-state index contributed by atoms with van der Waals surface area (Å²) in [6.45, 7) is 17.6. The fourth-order valence-electron chi connectivity index (χ4n) is 5.67. The Hall–Kier alpha value is -1.98. The van der Waals surface area contributed by atoms with Gasteiger partial charge in [-0.25, -0.2) is 0 Å². The molecule has 1 unspecified atom stereocenters. The van der Waals surface area contributed by atoms with Gasteiger partial charge in [0.2, 0.25) is 0 Å². The van der Waals surface area contributed by atoms with Crippen LogP contribution >= 0.6 is 0 Å². The zero-order valence-corrected chi connectivity index (χ0v) is 24.0. The Balaban J connectivity index is 1.55. The lowest BCUT2D eigenvalue weighted by Gasteiger charge is -2.41. The van der Waals surface area contributed by atoms with E-state index in [9.17, 15) is 0 Å². The van der Waals surface area contributed by atoms with Crippen LogP contribution in [0.2, 0.25) is 5.31 Å². The number of piperidine rings is 2. The molecule has 0 spiro atoms. The number of nitrogens with one attached hydrogen (secondary N) is 1. The van der Waals surface area contributed by atoms with Crippen LogP contribution in [0.15, 0.2) is 48.6 Å². The maximum atomic E-state index is 6.66. The van der Waals surface area contributed by atoms with E-state index >= 15 is 0 Å². The molecule has 1 aromatic rings. The standard InChI is InChI=1S/C32H48BN3O/c1-30(2,35-19-8-6-9-20-35)24-34-28-15-14-27(26-13-12-17-32(5,33)18-16-26)23-29(28)37-25-31(3,4)36-21-10-7-11-22-36/h12-18,23,34H,6-11,19-22,24-25H2,1-5H3. The quantitative estimate of drug-likeness (QED) is 0.374. The van der Waals surface area contributed by atoms with Crippen LogP contribution in [-0.2, 0) is 0 Å². The van der Waals surface area contributed by atoms with E-state index in [1.54, 1.807) is 0 Å². The number of anilines is 1. The average Bonchev–Trinajstić information content (AvgIpc) is 3.08. The predicted molar refractivity (Wildman–Crippen MR) is 160 cm³/mol. The molecule has 0 aromatic heterocycles. The smallest absolute Gasteiger partial charge is 0.143 e. The summed E-state index contributed by atoms with van der Waals surface area (Å²) in [4.78, 5) is 5.23. The van der Waals surface area contributed by atoms with Crippen molar-refractivity contribution in [1.82, 2.24) is 9.80 Å². The maximum Gasteiger partial charge on any atom is 0.143 e. The summed E-state index contributed by atoms with van der Waals surface area (Å²) in [7, 11) is 6.33. The predicted octanol–water partition coefficient (Wildman–Crippen LogP) is 6.86. The second-order valence-corrected chi connectivity index (χ2v) is 12.8. The molecule has 0 saturated carbocycles. The van der Waals surface area contributed by atoms with E-state index in [4.69, 9.17) is 12.6 Å². The van der Waals surface area contributed by atoms with E-state index in [0.29, 0.717) is 6.61 Å². The zero-order valence-electron chi connectivity index (χ0n) is 24.0. The van der Waals surface area contributed by atoms with Crippen molar-refractivity contribution in [2.24, 2.45) is 0 Å². The van der Waals surface area contributed by atoms with Gasteiger partial charge in [-0.05, 0) is 108 Å². The summed E-state index contributed by atoms with van der Waals surface area (Å²) in [5.74, 6) is 0.926. The van der Waals surface area contributed by atoms with Gasteiger partial charge in [-0.3, -0.25) is 9.80 Å². The Kier molecular flexibility index (Phi) is 8.96. The number of hydrogen-bond donors (Lipinski definition) is 1. The molecule has 2 heterocycles. The molecule has 0 amide bonds. The number of benzene rings is 1. The molecule has 4 rings (SSSR count). The molecule has 200 valence electrons. The lowest BCUT2D eigenvalue weighted by atomic mass is 9.70. The highest BCUT2D eigenvalue weighted by atomic mass is 16.5. The third-order valence-corrected chi connectivity index (χ3v) is 8.38. The number of likely N-dealkylation sites (tertiary alicyclic amines) is 2. The molecule has 1 N–H and O–H groups in total. The highest BCUT2D eigenvalue weighted by Gasteiger charge is 2.30. The van der Waals surface area contributed by atoms with Crippen LogP contribution in [0.1, 0.15) is 78.7 Å². The molecule has 1 atom stereocenters. The number of rotatable bonds is 9. The van der Waals surface area contributed by atoms with Crippen molar-refractivity contribution in [2.45, 2.75) is 89.5 Å². The first kappa shape index (κ1) is 28.0. The van der Waals surface area contributed by atoms with Gasteiger partial charge in [0.1, 0.15) is 12.4 Å². The van der Waals surface area contributed by atoms with Crippen LogP contribution in [0.4, 0.5) is 5.69 Å². The topological polar surface area (TPSA) is 27.7 Å². The summed E-state index contributed by atoms with van der Waals surface area (Å²) in [5.41, 5.74) is 3.44. The third-order valence-electron chi connectivity index (χ3n) is 8.38. The summed E-state index contributed by atoms with van der Waals surface area (Å²) in [5, 5.41) is 3.34. The van der Waals surface area contributed by atoms with E-state index < -0.39 is 5.31 Å². The fraction of sp³-hybridized carbons (Fsp3) is 0.625. The molecule has 3 aliphatic rings. The van der Waals surface area contributed by atoms with Crippen LogP contribution in [0.5, 0.6) is 5.75 Å². The van der Waals surface area contributed by atoms with E-state index in [-0.39, 0.29) is 11.1 Å². The van der Waals surface area contributed by atoms with Crippen LogP contribution in [-0.4, -0.2) is 68.1 Å². The zero-order chi connectivity index (χ0) is 26.5. The Labute approximate surface area is 227 Å². The second-order valence-electron chi connectivity index (χ2n) is 12.8. The average molecular weight is 502 g/mol. The highest BCUT2D eigenvalue weighted by Crippen LogP contribution is 2.35. The van der Waals surface area contributed by atoms with Gasteiger partial charge in [0, 0.05) is 17.6 Å². The van der Waals surface area contributed by atoms with Crippen molar-refractivity contribution in [1.29, 1.82) is 0 Å². The summed E-state index contributed by atoms with van der Waals surface area (Å²) in [6.07, 6.45) is 18.3. The first-order valence-electron chi connectivity index (χ1n) is 14.4. The molecule has 0 bridgehead atoms. The molecule has 5 heteroatoms. The van der Waals surface area contributed by atoms with Gasteiger partial charge >= 0.3 is 0 Å². The maximum absolute atomic E-state index is 6.66. The number of hydrogen-bond acceptors (Lipinski definition) is 4. The number of allylic oxidation sites excluding steroid dienone is 6. The van der Waals surface area contributed by atoms with Crippen molar-refractivity contribution >= 4 is 19.1 Å². The number of nitrogens with zero attached hydrogens (tertiary/aromatic N) is 2. The molecular weight excluding hydrogens is 453 g/mol. The molecule has 2 saturated heterocycles. The van der Waals surface area contributed by atoms with E-state index in [0.717, 1.165) is 42.2 Å². The lowest BCUT2D eigenvalue weighted by molar-refractivity contribution is 0.0516. The van der Waals surface area contributed by atoms with Crippen molar-refractivity contribution in [2.75, 3.05) is 44.6 Å². The van der Waals surface area contributed by atoms with Crippen molar-refractivity contribution < 1.29 is 4.74 Å². The van der Waals surface area contributed by atoms with Gasteiger partial charge in [-0.1, -0.05) is 56.2 Å². The molecular formula is C32H48BN3O. The second kappa shape index (κ2) is 11.8. The minimum absolute atomic E-state index is 0.00758. The van der Waals surface area contributed by atoms with Crippen LogP contribution in [0.3, 0.4) is 0 Å². The van der Waals surface area contributed by atoms with Crippen LogP contribution in [0.25, 0.3) is 5.57 Å². The van der Waals surface area contributed by atoms with Crippen LogP contribution in [0, 0.1) is 0 Å². The normalized spacial score (nSPS) is 24.0. The minimum Gasteiger partial charge on any atom is -0.489 e. The molecule has 1 aromatic carbocycles. The summed E-state index contributed by atoms with van der Waals surface area (Å²) < 4.78 is 6.66. The number of ether oxygens (including phenoxy) is 1. The van der Waals surface area contributed by atoms with Crippen molar-refractivity contribution in [3.63, 3.8) is 0 Å². The highest BCUT2D eigenvalue weighted by molar-refractivity contribution is 6.18. The first-order valence-corrected chi connectivity index (χ1v) is 14.4. The van der Waals surface area contributed by atoms with Gasteiger partial charge in [0.15, 0.2) is 0 Å². The Morgan fingerprint density at radius 2 is 1.51 bits per heavy atom. The first-order chi connectivity index (χ1) is 17.6. The third kappa shape index (κ3) is 7.54. The molecule has 2 aliphatic heterocycles. The monoisotopic (exact) mass is 501 g/mol. The molecule has 2 radical (unpaired) electrons. The van der Waals surface area contributed by atoms with Crippen molar-refractivity contribution in [3.8, 4) is 5.75 Å². The Bertz CT molecular complexity index is 995. The molecule has 1 aliphatic carbocycles. The molecule has 37 heavy (non-hydrogen) atoms. The van der Waals surface area contributed by atoms with Gasteiger partial charge in [0.05, 0.1) is 13.5 Å². The Morgan fingerprint density at radius 1 is 0.892 bits per heavy atom. The van der Waals surface area contributed by atoms with E-state index in [1.165, 1.54) is 51.6 Å². The van der Waals surface area contributed by atoms with Gasteiger partial charge in [0.25, 0.3) is 0 Å². The SMILES string of the molecule is [B]C1(C)C=CC=C(c2ccc(NCC(C)(C)N3CCCCC3)c(OCC(C)(C)N3CCCCC3)c2)C=C1. The molecule has 4 nitrogen and oxygen atoms in total. The lowest BCUT2D eigenvalue weighted by Crippen LogP contribution is -2.51. The molecule has 2 fully saturated rings. The summed E-state index contributed by atoms with van der Waals surface area (Å²) in [6, 6.07) is 6.59. The van der Waals surface area contributed by atoms with Gasteiger partial charge in [-0.2, -0.15) is 0 Å². The Morgan fingerprint density at radius 3 is 2.16 bits per heavy atom. The fourth-order valence-corrected chi connectivity index (χ4v) is 5.67. The van der Waals surface area contributed by atoms with Crippen molar-refractivity contribution in [3.05, 3.63) is 54.1 Å².